The van der Waals surface area contributed by atoms with E-state index < -0.39 is 0 Å². The van der Waals surface area contributed by atoms with E-state index in [9.17, 15) is 9.90 Å². The first-order valence-corrected chi connectivity index (χ1v) is 8.67. The Morgan fingerprint density at radius 2 is 2.12 bits per heavy atom. The molecule has 0 bridgehead atoms. The number of likely N-dealkylation sites (tertiary alicyclic amines) is 1. The second-order valence-corrected chi connectivity index (χ2v) is 6.76. The van der Waals surface area contributed by atoms with Gasteiger partial charge in [0.1, 0.15) is 5.75 Å². The van der Waals surface area contributed by atoms with Gasteiger partial charge >= 0.3 is 0 Å². The number of fused-ring (bicyclic) bond motifs is 1. The fourth-order valence-electron chi connectivity index (χ4n) is 3.65. The molecule has 0 saturated carbocycles. The van der Waals surface area contributed by atoms with Gasteiger partial charge in [0.2, 0.25) is 5.91 Å². The lowest BCUT2D eigenvalue weighted by Crippen LogP contribution is -2.30. The number of H-pyrrole nitrogens is 1. The number of rotatable bonds is 4. The van der Waals surface area contributed by atoms with E-state index in [1.807, 2.05) is 41.3 Å². The van der Waals surface area contributed by atoms with Crippen molar-refractivity contribution in [2.45, 2.75) is 19.3 Å². The maximum Gasteiger partial charge on any atom is 0.228 e. The number of nitrogens with zero attached hydrogens (tertiary/aromatic N) is 2. The fraction of sp³-hybridized carbons (Fsp3) is 0.300. The van der Waals surface area contributed by atoms with Gasteiger partial charge < -0.3 is 10.0 Å². The van der Waals surface area contributed by atoms with Crippen LogP contribution in [-0.2, 0) is 17.6 Å². The van der Waals surface area contributed by atoms with E-state index in [1.165, 1.54) is 0 Å². The van der Waals surface area contributed by atoms with Crippen molar-refractivity contribution in [1.29, 1.82) is 0 Å². The van der Waals surface area contributed by atoms with Crippen LogP contribution in [-0.4, -0.2) is 39.2 Å². The number of amides is 1. The normalized spacial score (nSPS) is 17.3. The number of nitrogens with one attached hydrogen (secondary N) is 1. The molecule has 2 heterocycles. The Morgan fingerprint density at radius 3 is 3.00 bits per heavy atom. The number of carbonyl (C=O) groups excluding carboxylic acids is 1. The second-order valence-electron chi connectivity index (χ2n) is 6.76. The van der Waals surface area contributed by atoms with Crippen LogP contribution in [0.5, 0.6) is 5.75 Å². The third-order valence-corrected chi connectivity index (χ3v) is 4.94. The molecular formula is C20H21N3O2. The van der Waals surface area contributed by atoms with E-state index in [1.54, 1.807) is 12.1 Å². The standard InChI is InChI=1S/C20H21N3O2/c24-16-5-3-4-14(11-16)10-15-8-9-23(13-15)20(25)12-19-17-6-1-2-7-18(17)21-22-19/h1-7,11,15,24H,8-10,12-13H2,(H,21,22). The molecule has 25 heavy (non-hydrogen) atoms. The summed E-state index contributed by atoms with van der Waals surface area (Å²) in [6, 6.07) is 15.2. The third-order valence-electron chi connectivity index (χ3n) is 4.94. The van der Waals surface area contributed by atoms with Gasteiger partial charge in [-0.05, 0) is 42.5 Å². The van der Waals surface area contributed by atoms with E-state index in [4.69, 9.17) is 0 Å². The number of aromatic hydroxyl groups is 1. The van der Waals surface area contributed by atoms with Crippen LogP contribution in [0, 0.1) is 5.92 Å². The molecule has 0 aliphatic carbocycles. The molecule has 4 rings (SSSR count). The lowest BCUT2D eigenvalue weighted by atomic mass is 9.98. The van der Waals surface area contributed by atoms with E-state index in [2.05, 4.69) is 10.2 Å². The Morgan fingerprint density at radius 1 is 1.24 bits per heavy atom. The van der Waals surface area contributed by atoms with Crippen molar-refractivity contribution < 1.29 is 9.90 Å². The maximum atomic E-state index is 12.6. The summed E-state index contributed by atoms with van der Waals surface area (Å²) in [6.07, 6.45) is 2.26. The van der Waals surface area contributed by atoms with E-state index >= 15 is 0 Å². The number of hydrogen-bond donors (Lipinski definition) is 2. The van der Waals surface area contributed by atoms with Crippen LogP contribution >= 0.6 is 0 Å². The van der Waals surface area contributed by atoms with E-state index in [-0.39, 0.29) is 5.91 Å². The lowest BCUT2D eigenvalue weighted by Gasteiger charge is -2.16. The minimum absolute atomic E-state index is 0.146. The summed E-state index contributed by atoms with van der Waals surface area (Å²) in [5.74, 6) is 0.895. The van der Waals surface area contributed by atoms with Gasteiger partial charge in [-0.2, -0.15) is 5.10 Å². The number of phenolic OH excluding ortho intramolecular Hbond substituents is 1. The van der Waals surface area contributed by atoms with Gasteiger partial charge in [0.15, 0.2) is 0 Å². The zero-order valence-corrected chi connectivity index (χ0v) is 14.0. The Bertz CT molecular complexity index is 903. The van der Waals surface area contributed by atoms with Crippen molar-refractivity contribution in [3.8, 4) is 5.75 Å². The fourth-order valence-corrected chi connectivity index (χ4v) is 3.65. The first-order valence-electron chi connectivity index (χ1n) is 8.67. The molecule has 1 atom stereocenters. The molecule has 1 aliphatic rings. The van der Waals surface area contributed by atoms with Gasteiger partial charge in [-0.25, -0.2) is 0 Å². The summed E-state index contributed by atoms with van der Waals surface area (Å²) in [7, 11) is 0. The van der Waals surface area contributed by atoms with Crippen molar-refractivity contribution in [1.82, 2.24) is 15.1 Å². The van der Waals surface area contributed by atoms with Crippen LogP contribution in [0.15, 0.2) is 48.5 Å². The summed E-state index contributed by atoms with van der Waals surface area (Å²) >= 11 is 0. The van der Waals surface area contributed by atoms with Crippen LogP contribution in [0.1, 0.15) is 17.7 Å². The second kappa shape index (κ2) is 6.59. The minimum atomic E-state index is 0.146. The zero-order chi connectivity index (χ0) is 17.2. The largest absolute Gasteiger partial charge is 0.508 e. The van der Waals surface area contributed by atoms with E-state index in [0.29, 0.717) is 18.1 Å². The molecule has 3 aromatic rings. The average molecular weight is 335 g/mol. The highest BCUT2D eigenvalue weighted by Gasteiger charge is 2.27. The molecule has 1 amide bonds. The zero-order valence-electron chi connectivity index (χ0n) is 14.0. The van der Waals surface area contributed by atoms with Crippen LogP contribution in [0.3, 0.4) is 0 Å². The molecule has 2 N–H and O–H groups in total. The van der Waals surface area contributed by atoms with Gasteiger partial charge in [-0.3, -0.25) is 9.89 Å². The van der Waals surface area contributed by atoms with Gasteiger partial charge in [0.25, 0.3) is 0 Å². The highest BCUT2D eigenvalue weighted by Crippen LogP contribution is 2.24. The van der Waals surface area contributed by atoms with Crippen molar-refractivity contribution in [3.05, 3.63) is 59.8 Å². The van der Waals surface area contributed by atoms with Crippen LogP contribution < -0.4 is 0 Å². The molecule has 1 fully saturated rings. The maximum absolute atomic E-state index is 12.6. The molecular weight excluding hydrogens is 314 g/mol. The van der Waals surface area contributed by atoms with Gasteiger partial charge in [0.05, 0.1) is 17.6 Å². The Kier molecular flexibility index (Phi) is 4.14. The highest BCUT2D eigenvalue weighted by molar-refractivity contribution is 5.87. The first kappa shape index (κ1) is 15.7. The minimum Gasteiger partial charge on any atom is -0.508 e. The van der Waals surface area contributed by atoms with Crippen molar-refractivity contribution in [2.24, 2.45) is 5.92 Å². The predicted octanol–water partition coefficient (Wildman–Crippen LogP) is 2.90. The number of para-hydroxylation sites is 1. The predicted molar refractivity (Wildman–Crippen MR) is 96.3 cm³/mol. The molecule has 1 saturated heterocycles. The summed E-state index contributed by atoms with van der Waals surface area (Å²) in [6.45, 7) is 1.58. The SMILES string of the molecule is O=C(Cc1[nH]nc2ccccc12)N1CCC(Cc2cccc(O)c2)C1. The Labute approximate surface area is 146 Å². The summed E-state index contributed by atoms with van der Waals surface area (Å²) in [5, 5.41) is 17.9. The summed E-state index contributed by atoms with van der Waals surface area (Å²) in [4.78, 5) is 14.6. The van der Waals surface area contributed by atoms with Gasteiger partial charge in [-0.1, -0.05) is 30.3 Å². The number of phenols is 1. The molecule has 2 aromatic carbocycles. The Balaban J connectivity index is 1.39. The molecule has 5 nitrogen and oxygen atoms in total. The van der Waals surface area contributed by atoms with Crippen LogP contribution in [0.4, 0.5) is 0 Å². The molecule has 1 unspecified atom stereocenters. The first-order chi connectivity index (χ1) is 12.2. The van der Waals surface area contributed by atoms with Crippen LogP contribution in [0.2, 0.25) is 0 Å². The quantitative estimate of drug-likeness (QED) is 0.770. The molecule has 1 aliphatic heterocycles. The Hall–Kier alpha value is -2.82. The average Bonchev–Trinajstić information content (AvgIpc) is 3.23. The van der Waals surface area contributed by atoms with Gasteiger partial charge in [-0.15, -0.1) is 0 Å². The number of carbonyl (C=O) groups is 1. The van der Waals surface area contributed by atoms with Crippen LogP contribution in [0.25, 0.3) is 10.9 Å². The van der Waals surface area contributed by atoms with Crippen molar-refractivity contribution >= 4 is 16.8 Å². The number of hydrogen-bond acceptors (Lipinski definition) is 3. The molecule has 128 valence electrons. The topological polar surface area (TPSA) is 69.2 Å². The van der Waals surface area contributed by atoms with Crippen molar-refractivity contribution in [3.63, 3.8) is 0 Å². The number of aromatic amines is 1. The number of benzene rings is 2. The summed E-state index contributed by atoms with van der Waals surface area (Å²) in [5.41, 5.74) is 2.91. The monoisotopic (exact) mass is 335 g/mol. The lowest BCUT2D eigenvalue weighted by molar-refractivity contribution is -0.129. The van der Waals surface area contributed by atoms with Crippen molar-refractivity contribution in [2.75, 3.05) is 13.1 Å². The molecule has 1 aromatic heterocycles. The molecule has 0 radical (unpaired) electrons. The number of aromatic nitrogens is 2. The summed E-state index contributed by atoms with van der Waals surface area (Å²) < 4.78 is 0. The smallest absolute Gasteiger partial charge is 0.228 e. The molecule has 0 spiro atoms. The molecule has 5 heteroatoms. The van der Waals surface area contributed by atoms with E-state index in [0.717, 1.165) is 48.1 Å². The highest BCUT2D eigenvalue weighted by atomic mass is 16.3. The third kappa shape index (κ3) is 3.36. The van der Waals surface area contributed by atoms with Gasteiger partial charge in [0, 0.05) is 18.5 Å².